The molecule has 0 fully saturated rings. The van der Waals surface area contributed by atoms with Gasteiger partial charge in [0.15, 0.2) is 0 Å². The van der Waals surface area contributed by atoms with E-state index in [1.165, 1.54) is 103 Å². The van der Waals surface area contributed by atoms with E-state index < -0.39 is 32.5 Å². The topological polar surface area (TPSA) is 114 Å². The molecular weight excluding hydrogens is 904 g/mol. The quantitative estimate of drug-likeness (QED) is 0.0212. The molecule has 0 heterocycles. The lowest BCUT2D eigenvalue weighted by molar-refractivity contribution is -0.870. The summed E-state index contributed by atoms with van der Waals surface area (Å²) >= 11 is 0. The van der Waals surface area contributed by atoms with E-state index in [2.05, 4.69) is 99.0 Å². The molecule has 0 aliphatic heterocycles. The van der Waals surface area contributed by atoms with Crippen LogP contribution in [0.3, 0.4) is 0 Å². The highest BCUT2D eigenvalue weighted by Crippen LogP contribution is 2.38. The van der Waals surface area contributed by atoms with Crippen LogP contribution in [-0.2, 0) is 27.9 Å². The molecule has 0 aliphatic carbocycles. The first kappa shape index (κ1) is 68.2. The number of carbonyl (C=O) groups is 2. The molecule has 410 valence electrons. The number of likely N-dealkylation sites (N-methyl/N-ethyl adjacent to an activating group) is 1. The van der Waals surface area contributed by atoms with E-state index in [0.717, 1.165) is 96.3 Å². The Balaban J connectivity index is 5.46. The van der Waals surface area contributed by atoms with Gasteiger partial charge in [-0.15, -0.1) is 0 Å². The fourth-order valence-electron chi connectivity index (χ4n) is 7.85. The molecule has 0 radical (unpaired) electrons. The average molecular weight is 1010 g/mol. The number of nitrogens with one attached hydrogen (secondary N) is 1. The Hall–Kier alpha value is -2.81. The molecule has 9 nitrogen and oxygen atoms in total. The molecular formula is C61H109N2O7P. The van der Waals surface area contributed by atoms with E-state index in [1.807, 2.05) is 27.2 Å². The number of hydrogen-bond acceptors (Lipinski definition) is 7. The van der Waals surface area contributed by atoms with Crippen LogP contribution in [0.2, 0.25) is 0 Å². The Morgan fingerprint density at radius 3 is 1.39 bits per heavy atom. The number of carbonyl (C=O) groups excluding carboxylic acids is 2. The molecule has 0 aromatic rings. The molecule has 0 aromatic heterocycles. The van der Waals surface area contributed by atoms with Crippen LogP contribution in [0, 0.1) is 0 Å². The summed E-state index contributed by atoms with van der Waals surface area (Å²) in [6, 6.07) is -0.918. The van der Waals surface area contributed by atoms with Gasteiger partial charge >= 0.3 is 5.97 Å². The number of esters is 1. The zero-order valence-electron chi connectivity index (χ0n) is 46.7. The van der Waals surface area contributed by atoms with Gasteiger partial charge in [0.2, 0.25) is 5.91 Å². The van der Waals surface area contributed by atoms with Crippen LogP contribution in [0.4, 0.5) is 0 Å². The smallest absolute Gasteiger partial charge is 0.306 e. The van der Waals surface area contributed by atoms with E-state index in [1.54, 1.807) is 6.08 Å². The number of phosphoric acid groups is 1. The first-order valence-corrected chi connectivity index (χ1v) is 30.4. The molecule has 3 unspecified atom stereocenters. The van der Waals surface area contributed by atoms with E-state index >= 15 is 0 Å². The Bertz CT molecular complexity index is 1490. The molecule has 71 heavy (non-hydrogen) atoms. The van der Waals surface area contributed by atoms with Gasteiger partial charge in [0.25, 0.3) is 7.82 Å². The molecule has 0 aliphatic rings. The summed E-state index contributed by atoms with van der Waals surface area (Å²) in [5, 5.41) is 3.00. The van der Waals surface area contributed by atoms with Gasteiger partial charge in [-0.25, -0.2) is 0 Å². The molecule has 10 heteroatoms. The highest BCUT2D eigenvalue weighted by atomic mass is 31.2. The largest absolute Gasteiger partial charge is 0.756 e. The first-order valence-electron chi connectivity index (χ1n) is 28.9. The minimum atomic E-state index is -4.71. The van der Waals surface area contributed by atoms with Crippen molar-refractivity contribution in [1.29, 1.82) is 0 Å². The summed E-state index contributed by atoms with van der Waals surface area (Å²) in [6.45, 7) is 6.67. The Morgan fingerprint density at radius 1 is 0.507 bits per heavy atom. The highest BCUT2D eigenvalue weighted by Gasteiger charge is 2.27. The number of quaternary nitrogens is 1. The van der Waals surface area contributed by atoms with Crippen molar-refractivity contribution in [2.45, 2.75) is 251 Å². The van der Waals surface area contributed by atoms with Gasteiger partial charge in [-0.05, 0) is 96.0 Å². The second kappa shape index (κ2) is 50.7. The van der Waals surface area contributed by atoms with E-state index in [9.17, 15) is 19.0 Å². The predicted octanol–water partition coefficient (Wildman–Crippen LogP) is 16.8. The third-order valence-electron chi connectivity index (χ3n) is 12.3. The number of ether oxygens (including phenoxy) is 1. The van der Waals surface area contributed by atoms with Crippen LogP contribution >= 0.6 is 7.82 Å². The average Bonchev–Trinajstić information content (AvgIpc) is 3.33. The van der Waals surface area contributed by atoms with Gasteiger partial charge in [0, 0.05) is 12.8 Å². The molecule has 0 bridgehead atoms. The third kappa shape index (κ3) is 51.9. The summed E-state index contributed by atoms with van der Waals surface area (Å²) in [5.74, 6) is -0.622. The van der Waals surface area contributed by atoms with Crippen molar-refractivity contribution in [3.8, 4) is 0 Å². The summed E-state index contributed by atoms with van der Waals surface area (Å²) in [7, 11) is 1.14. The Labute approximate surface area is 437 Å². The predicted molar refractivity (Wildman–Crippen MR) is 302 cm³/mol. The van der Waals surface area contributed by atoms with Crippen molar-refractivity contribution in [2.75, 3.05) is 40.9 Å². The fourth-order valence-corrected chi connectivity index (χ4v) is 8.57. The van der Waals surface area contributed by atoms with Crippen molar-refractivity contribution >= 4 is 19.7 Å². The molecule has 0 saturated heterocycles. The molecule has 0 aromatic carbocycles. The molecule has 0 saturated carbocycles. The van der Waals surface area contributed by atoms with E-state index in [4.69, 9.17) is 13.8 Å². The van der Waals surface area contributed by atoms with Gasteiger partial charge in [-0.2, -0.15) is 0 Å². The molecule has 0 rings (SSSR count). The molecule has 3 atom stereocenters. The number of nitrogens with zero attached hydrogens (tertiary/aromatic N) is 1. The van der Waals surface area contributed by atoms with E-state index in [0.29, 0.717) is 23.9 Å². The van der Waals surface area contributed by atoms with E-state index in [-0.39, 0.29) is 18.9 Å². The summed E-state index contributed by atoms with van der Waals surface area (Å²) in [4.78, 5) is 39.8. The zero-order valence-corrected chi connectivity index (χ0v) is 47.5. The van der Waals surface area contributed by atoms with Gasteiger partial charge in [0.05, 0.1) is 33.8 Å². The number of unbranched alkanes of at least 4 members (excludes halogenated alkanes) is 23. The van der Waals surface area contributed by atoms with Gasteiger partial charge < -0.3 is 28.5 Å². The highest BCUT2D eigenvalue weighted by molar-refractivity contribution is 7.45. The number of allylic oxidation sites excluding steroid dienone is 13. The molecule has 1 N–H and O–H groups in total. The van der Waals surface area contributed by atoms with Crippen molar-refractivity contribution in [3.05, 3.63) is 85.1 Å². The normalized spacial score (nSPS) is 14.4. The second-order valence-corrected chi connectivity index (χ2v) is 21.8. The minimum absolute atomic E-state index is 0.0358. The summed E-state index contributed by atoms with van der Waals surface area (Å²) in [5.41, 5.74) is 0. The lowest BCUT2D eigenvalue weighted by Crippen LogP contribution is -2.47. The Morgan fingerprint density at radius 2 is 0.915 bits per heavy atom. The fraction of sp³-hybridized carbons (Fsp3) is 0.738. The van der Waals surface area contributed by atoms with Crippen molar-refractivity contribution in [1.82, 2.24) is 5.32 Å². The maximum absolute atomic E-state index is 13.5. The number of hydrogen-bond donors (Lipinski definition) is 1. The third-order valence-corrected chi connectivity index (χ3v) is 13.3. The Kier molecular flexibility index (Phi) is 48.7. The van der Waals surface area contributed by atoms with Gasteiger partial charge in [-0.1, -0.05) is 215 Å². The van der Waals surface area contributed by atoms with Gasteiger partial charge in [0.1, 0.15) is 19.3 Å². The molecule has 1 amide bonds. The number of amides is 1. The summed E-state index contributed by atoms with van der Waals surface area (Å²) < 4.78 is 30.2. The van der Waals surface area contributed by atoms with Crippen LogP contribution in [0.5, 0.6) is 0 Å². The van der Waals surface area contributed by atoms with Gasteiger partial charge in [-0.3, -0.25) is 14.2 Å². The van der Waals surface area contributed by atoms with Crippen molar-refractivity contribution in [3.63, 3.8) is 0 Å². The SMILES string of the molecule is CC/C=C\C/C=C\C/C=C\C/C=C\C/C=C\CCCC(=O)OC(/C=C/CCCCCCCCCCCC)C(COP(=O)([O-])OCC[N+](C)(C)C)NC(=O)CCCCCCC/C=C/CCCCCCCCC. The van der Waals surface area contributed by atoms with Crippen molar-refractivity contribution in [2.24, 2.45) is 0 Å². The first-order chi connectivity index (χ1) is 34.4. The monoisotopic (exact) mass is 1010 g/mol. The van der Waals surface area contributed by atoms with Crippen LogP contribution in [0.1, 0.15) is 239 Å². The zero-order chi connectivity index (χ0) is 52.2. The van der Waals surface area contributed by atoms with Crippen LogP contribution < -0.4 is 10.2 Å². The number of rotatable bonds is 51. The van der Waals surface area contributed by atoms with Crippen LogP contribution in [0.15, 0.2) is 85.1 Å². The van der Waals surface area contributed by atoms with Crippen molar-refractivity contribution < 1.29 is 37.3 Å². The van der Waals surface area contributed by atoms with Crippen LogP contribution in [0.25, 0.3) is 0 Å². The standard InChI is InChI=1S/C61H109N2O7P/c1-7-10-13-16-19-22-25-28-30-32-34-36-39-42-45-48-51-54-61(65)70-59(52-49-46-43-40-37-27-24-21-18-15-12-9-3)58(57-69-71(66,67)68-56-55-63(4,5)6)62-60(64)53-50-47-44-41-38-35-33-31-29-26-23-20-17-14-11-8-2/h10,13,19,22,28,30-31,33-34,36,42,45,49,52,58-59H,7-9,11-12,14-18,20-21,23-27,29,32,35,37-41,43-44,46-48,50-51,53-57H2,1-6H3,(H-,62,64,66,67)/b13-10-,22-19-,30-28-,33-31+,36-34-,45-42-,52-49+. The molecule has 0 spiro atoms. The summed E-state index contributed by atoms with van der Waals surface area (Å²) in [6.07, 6.45) is 65.5. The second-order valence-electron chi connectivity index (χ2n) is 20.4. The van der Waals surface area contributed by atoms with Crippen LogP contribution in [-0.4, -0.2) is 69.4 Å². The minimum Gasteiger partial charge on any atom is -0.756 e. The lowest BCUT2D eigenvalue weighted by atomic mass is 10.0. The maximum atomic E-state index is 13.5. The number of phosphoric ester groups is 1. The lowest BCUT2D eigenvalue weighted by Gasteiger charge is -2.30. The maximum Gasteiger partial charge on any atom is 0.306 e.